The molecule has 4 heterocycles. The van der Waals surface area contributed by atoms with Gasteiger partial charge in [-0.15, -0.1) is 0 Å². The van der Waals surface area contributed by atoms with Crippen molar-refractivity contribution >= 4 is 49.9 Å². The molecule has 7 heteroatoms. The first kappa shape index (κ1) is 22.7. The second-order valence-corrected chi connectivity index (χ2v) is 10.2. The maximum absolute atomic E-state index is 6.55. The third-order valence-electron chi connectivity index (χ3n) is 7.74. The summed E-state index contributed by atoms with van der Waals surface area (Å²) in [5.74, 6) is 3.23. The zero-order chi connectivity index (χ0) is 26.8. The molecule has 0 unspecified atom stereocenters. The average Bonchev–Trinajstić information content (AvgIpc) is 3.64. The minimum absolute atomic E-state index is 0.742. The minimum atomic E-state index is 0.742. The summed E-state index contributed by atoms with van der Waals surface area (Å²) in [6, 6.07) is 33.2. The first-order valence-electron chi connectivity index (χ1n) is 13.4. The molecule has 0 saturated heterocycles. The number of anilines is 3. The number of aromatic nitrogens is 4. The van der Waals surface area contributed by atoms with Crippen molar-refractivity contribution in [3.8, 4) is 17.3 Å². The van der Waals surface area contributed by atoms with Crippen LogP contribution in [0.4, 0.5) is 17.1 Å². The second-order valence-electron chi connectivity index (χ2n) is 10.2. The van der Waals surface area contributed by atoms with Crippen LogP contribution in [0.25, 0.3) is 38.7 Å². The van der Waals surface area contributed by atoms with Gasteiger partial charge in [0.15, 0.2) is 5.75 Å². The molecule has 1 N–H and O–H groups in total. The van der Waals surface area contributed by atoms with Gasteiger partial charge < -0.3 is 19.5 Å². The van der Waals surface area contributed by atoms with Gasteiger partial charge in [-0.2, -0.15) is 0 Å². The molecule has 1 aliphatic rings. The first-order valence-corrected chi connectivity index (χ1v) is 13.4. The third kappa shape index (κ3) is 3.37. The van der Waals surface area contributed by atoms with Crippen molar-refractivity contribution in [3.05, 3.63) is 109 Å². The van der Waals surface area contributed by atoms with Gasteiger partial charge in [0.05, 0.1) is 45.8 Å². The highest BCUT2D eigenvalue weighted by molar-refractivity contribution is 6.13. The van der Waals surface area contributed by atoms with E-state index in [-0.39, 0.29) is 0 Å². The maximum atomic E-state index is 6.55. The van der Waals surface area contributed by atoms with Crippen LogP contribution in [-0.4, -0.2) is 33.2 Å². The van der Waals surface area contributed by atoms with Gasteiger partial charge in [-0.05, 0) is 55.5 Å². The van der Waals surface area contributed by atoms with E-state index in [1.807, 2.05) is 49.4 Å². The zero-order valence-electron chi connectivity index (χ0n) is 22.2. The molecular weight excluding hydrogens is 496 g/mol. The lowest BCUT2D eigenvalue weighted by molar-refractivity contribution is 0.488. The molecule has 1 aliphatic heterocycles. The van der Waals surface area contributed by atoms with Crippen molar-refractivity contribution in [3.63, 3.8) is 0 Å². The lowest BCUT2D eigenvalue weighted by atomic mass is 10.1. The number of fused-ring (bicyclic) bond motifs is 5. The van der Waals surface area contributed by atoms with Gasteiger partial charge >= 0.3 is 0 Å². The number of rotatable bonds is 4. The van der Waals surface area contributed by atoms with Crippen molar-refractivity contribution < 1.29 is 4.74 Å². The molecule has 8 rings (SSSR count). The van der Waals surface area contributed by atoms with Gasteiger partial charge in [-0.25, -0.2) is 9.97 Å². The van der Waals surface area contributed by atoms with E-state index in [4.69, 9.17) is 9.72 Å². The summed E-state index contributed by atoms with van der Waals surface area (Å²) in [6.45, 7) is 2.79. The molecule has 40 heavy (non-hydrogen) atoms. The van der Waals surface area contributed by atoms with E-state index in [1.165, 1.54) is 16.8 Å². The summed E-state index contributed by atoms with van der Waals surface area (Å²) in [5, 5.41) is 2.30. The summed E-state index contributed by atoms with van der Waals surface area (Å²) >= 11 is 0. The number of aryl methyl sites for hydroxylation is 1. The largest absolute Gasteiger partial charge is 0.455 e. The van der Waals surface area contributed by atoms with E-state index in [1.54, 1.807) is 6.20 Å². The number of nitrogens with zero attached hydrogens (tertiary/aromatic N) is 5. The van der Waals surface area contributed by atoms with E-state index in [0.717, 1.165) is 63.0 Å². The Morgan fingerprint density at radius 2 is 1.55 bits per heavy atom. The van der Waals surface area contributed by atoms with Crippen molar-refractivity contribution in [2.45, 2.75) is 6.92 Å². The zero-order valence-corrected chi connectivity index (χ0v) is 22.2. The molecule has 4 aromatic carbocycles. The molecule has 0 spiro atoms. The summed E-state index contributed by atoms with van der Waals surface area (Å²) in [4.78, 5) is 17.6. The number of hydrogen-bond acceptors (Lipinski definition) is 5. The van der Waals surface area contributed by atoms with Crippen LogP contribution in [0.1, 0.15) is 5.82 Å². The van der Waals surface area contributed by atoms with Gasteiger partial charge in [-0.3, -0.25) is 4.57 Å². The van der Waals surface area contributed by atoms with Gasteiger partial charge in [0.25, 0.3) is 0 Å². The lowest BCUT2D eigenvalue weighted by Crippen LogP contribution is -2.24. The Balaban J connectivity index is 1.23. The number of benzene rings is 4. The SMILES string of the molecule is Cc1nc2ccc(Oc3cccc4c3[nH]c3c(N5CN(C)c6ccccc65)cccc34)cc2n1-c1ccccn1. The Hall–Kier alpha value is -5.30. The number of H-pyrrole nitrogens is 1. The van der Waals surface area contributed by atoms with Crippen LogP contribution in [0, 0.1) is 6.92 Å². The number of ether oxygens (including phenoxy) is 1. The number of aromatic amines is 1. The van der Waals surface area contributed by atoms with Crippen LogP contribution in [0.5, 0.6) is 11.5 Å². The Morgan fingerprint density at radius 3 is 2.40 bits per heavy atom. The van der Waals surface area contributed by atoms with Crippen LogP contribution < -0.4 is 14.5 Å². The van der Waals surface area contributed by atoms with Crippen molar-refractivity contribution in [2.75, 3.05) is 23.5 Å². The Bertz CT molecular complexity index is 2060. The summed E-state index contributed by atoms with van der Waals surface area (Å²) in [5.41, 5.74) is 7.51. The number of imidazole rings is 1. The lowest BCUT2D eigenvalue weighted by Gasteiger charge is -2.20. The van der Waals surface area contributed by atoms with Crippen LogP contribution in [0.3, 0.4) is 0 Å². The standard InChI is InChI=1S/C33H26N6O/c1-21-35-25-17-16-22(19-29(25)39(21)31-15-5-6-18-34-31)40-30-14-8-10-24-23-9-7-13-28(32(23)36-33(24)30)38-20-37(2)26-11-3-4-12-27(26)38/h3-19,36H,20H2,1-2H3. The van der Waals surface area contributed by atoms with E-state index in [9.17, 15) is 0 Å². The molecule has 0 aliphatic carbocycles. The average molecular weight is 523 g/mol. The Labute approximate surface area is 230 Å². The number of para-hydroxylation sites is 4. The van der Waals surface area contributed by atoms with Crippen LogP contribution in [0.15, 0.2) is 103 Å². The van der Waals surface area contributed by atoms with E-state index in [0.29, 0.717) is 0 Å². The van der Waals surface area contributed by atoms with E-state index >= 15 is 0 Å². The topological polar surface area (TPSA) is 62.2 Å². The van der Waals surface area contributed by atoms with E-state index in [2.05, 4.69) is 86.0 Å². The minimum Gasteiger partial charge on any atom is -0.455 e. The quantitative estimate of drug-likeness (QED) is 0.257. The molecule has 0 saturated carbocycles. The molecule has 7 nitrogen and oxygen atoms in total. The molecule has 0 radical (unpaired) electrons. The van der Waals surface area contributed by atoms with Gasteiger partial charge in [0.2, 0.25) is 0 Å². The fraction of sp³-hybridized carbons (Fsp3) is 0.0909. The van der Waals surface area contributed by atoms with Crippen molar-refractivity contribution in [2.24, 2.45) is 0 Å². The van der Waals surface area contributed by atoms with Gasteiger partial charge in [-0.1, -0.05) is 42.5 Å². The van der Waals surface area contributed by atoms with Gasteiger partial charge in [0, 0.05) is 30.1 Å². The molecular formula is C33H26N6O. The first-order chi connectivity index (χ1) is 19.7. The van der Waals surface area contributed by atoms with Gasteiger partial charge in [0.1, 0.15) is 17.4 Å². The third-order valence-corrected chi connectivity index (χ3v) is 7.74. The molecule has 7 aromatic rings. The number of pyridine rings is 1. The van der Waals surface area contributed by atoms with Crippen molar-refractivity contribution in [1.82, 2.24) is 19.5 Å². The highest BCUT2D eigenvalue weighted by Gasteiger charge is 2.26. The van der Waals surface area contributed by atoms with Crippen LogP contribution in [0.2, 0.25) is 0 Å². The number of nitrogens with one attached hydrogen (secondary N) is 1. The molecule has 3 aromatic heterocycles. The normalized spacial score (nSPS) is 13.1. The maximum Gasteiger partial charge on any atom is 0.151 e. The Morgan fingerprint density at radius 1 is 0.775 bits per heavy atom. The van der Waals surface area contributed by atoms with Crippen molar-refractivity contribution in [1.29, 1.82) is 0 Å². The highest BCUT2D eigenvalue weighted by atomic mass is 16.5. The predicted octanol–water partition coefficient (Wildman–Crippen LogP) is 7.70. The number of hydrogen-bond donors (Lipinski definition) is 1. The van der Waals surface area contributed by atoms with Crippen LogP contribution in [-0.2, 0) is 0 Å². The predicted molar refractivity (Wildman–Crippen MR) is 161 cm³/mol. The fourth-order valence-electron chi connectivity index (χ4n) is 5.94. The summed E-state index contributed by atoms with van der Waals surface area (Å²) in [7, 11) is 2.13. The second kappa shape index (κ2) is 8.61. The Kier molecular flexibility index (Phi) is 4.88. The monoisotopic (exact) mass is 522 g/mol. The van der Waals surface area contributed by atoms with E-state index < -0.39 is 0 Å². The molecule has 194 valence electrons. The molecule has 0 fully saturated rings. The smallest absolute Gasteiger partial charge is 0.151 e. The molecule has 0 atom stereocenters. The fourth-order valence-corrected chi connectivity index (χ4v) is 5.94. The van der Waals surface area contributed by atoms with Crippen LogP contribution >= 0.6 is 0 Å². The highest BCUT2D eigenvalue weighted by Crippen LogP contribution is 2.44. The molecule has 0 bridgehead atoms. The summed E-state index contributed by atoms with van der Waals surface area (Å²) in [6.07, 6.45) is 1.80. The summed E-state index contributed by atoms with van der Waals surface area (Å²) < 4.78 is 8.61. The molecule has 0 amide bonds.